The number of aromatic nitrogens is 2. The van der Waals surface area contributed by atoms with Crippen LogP contribution in [-0.2, 0) is 0 Å². The number of nitro benzene ring substituents is 1. The molecule has 4 rings (SSSR count). The maximum absolute atomic E-state index is 12.8. The minimum absolute atomic E-state index is 0.0505. The first kappa shape index (κ1) is 22.5. The van der Waals surface area contributed by atoms with Crippen LogP contribution in [0.5, 0.6) is 11.5 Å². The van der Waals surface area contributed by atoms with Crippen LogP contribution in [0, 0.1) is 17.0 Å². The molecule has 10 heteroatoms. The minimum Gasteiger partial charge on any atom is -0.493 e. The second-order valence-electron chi connectivity index (χ2n) is 7.25. The van der Waals surface area contributed by atoms with Gasteiger partial charge in [0.1, 0.15) is 0 Å². The Bertz CT molecular complexity index is 1380. The number of carbonyl (C=O) groups is 1. The Labute approximate surface area is 194 Å². The van der Waals surface area contributed by atoms with Crippen molar-refractivity contribution in [2.24, 2.45) is 0 Å². The van der Waals surface area contributed by atoms with Gasteiger partial charge in [0.15, 0.2) is 11.5 Å². The van der Waals surface area contributed by atoms with E-state index in [0.29, 0.717) is 39.7 Å². The number of nitrogens with zero attached hydrogens (tertiary/aromatic N) is 3. The van der Waals surface area contributed by atoms with Gasteiger partial charge in [-0.15, -0.1) is 0 Å². The molecule has 0 radical (unpaired) electrons. The lowest BCUT2D eigenvalue weighted by molar-refractivity contribution is -0.385. The fourth-order valence-corrected chi connectivity index (χ4v) is 3.40. The highest BCUT2D eigenvalue weighted by molar-refractivity contribution is 6.06. The van der Waals surface area contributed by atoms with E-state index in [2.05, 4.69) is 15.5 Å². The van der Waals surface area contributed by atoms with Crippen molar-refractivity contribution in [2.45, 2.75) is 6.92 Å². The number of hydrogen-bond donors (Lipinski definition) is 1. The number of benzene rings is 3. The molecule has 34 heavy (non-hydrogen) atoms. The lowest BCUT2D eigenvalue weighted by Gasteiger charge is -2.09. The fourth-order valence-electron chi connectivity index (χ4n) is 3.40. The molecule has 1 heterocycles. The molecule has 0 bridgehead atoms. The van der Waals surface area contributed by atoms with Gasteiger partial charge in [0.05, 0.1) is 30.4 Å². The van der Waals surface area contributed by atoms with Gasteiger partial charge in [-0.2, -0.15) is 4.98 Å². The van der Waals surface area contributed by atoms with E-state index in [1.165, 1.54) is 25.3 Å². The maximum atomic E-state index is 12.8. The first-order valence-electron chi connectivity index (χ1n) is 10.1. The van der Waals surface area contributed by atoms with Crippen LogP contribution in [0.1, 0.15) is 15.9 Å². The van der Waals surface area contributed by atoms with Crippen LogP contribution < -0.4 is 14.8 Å². The summed E-state index contributed by atoms with van der Waals surface area (Å²) >= 11 is 0. The molecule has 3 aromatic carbocycles. The summed E-state index contributed by atoms with van der Waals surface area (Å²) in [7, 11) is 3.09. The summed E-state index contributed by atoms with van der Waals surface area (Å²) < 4.78 is 16.0. The van der Waals surface area contributed by atoms with Gasteiger partial charge in [0.25, 0.3) is 17.5 Å². The van der Waals surface area contributed by atoms with Crippen molar-refractivity contribution in [2.75, 3.05) is 19.5 Å². The molecule has 0 fully saturated rings. The normalized spacial score (nSPS) is 10.6. The van der Waals surface area contributed by atoms with Gasteiger partial charge in [-0.3, -0.25) is 14.9 Å². The highest BCUT2D eigenvalue weighted by Crippen LogP contribution is 2.33. The number of rotatable bonds is 7. The van der Waals surface area contributed by atoms with Crippen LogP contribution in [-0.4, -0.2) is 35.2 Å². The van der Waals surface area contributed by atoms with E-state index in [9.17, 15) is 14.9 Å². The average molecular weight is 460 g/mol. The average Bonchev–Trinajstić information content (AvgIpc) is 3.33. The topological polar surface area (TPSA) is 130 Å². The molecule has 1 N–H and O–H groups in total. The molecule has 0 unspecified atom stereocenters. The third-order valence-corrected chi connectivity index (χ3v) is 5.13. The first-order valence-corrected chi connectivity index (χ1v) is 10.1. The van der Waals surface area contributed by atoms with Crippen LogP contribution in [0.25, 0.3) is 22.8 Å². The summed E-state index contributed by atoms with van der Waals surface area (Å²) in [5.74, 6) is 1.22. The largest absolute Gasteiger partial charge is 0.493 e. The minimum atomic E-state index is -0.488. The van der Waals surface area contributed by atoms with E-state index in [1.807, 2.05) is 0 Å². The molecule has 0 aliphatic carbocycles. The number of para-hydroxylation sites is 1. The van der Waals surface area contributed by atoms with E-state index in [4.69, 9.17) is 14.0 Å². The summed E-state index contributed by atoms with van der Waals surface area (Å²) in [6.07, 6.45) is 0. The van der Waals surface area contributed by atoms with Crippen molar-refractivity contribution in [3.05, 3.63) is 81.9 Å². The van der Waals surface area contributed by atoms with Crippen LogP contribution in [0.2, 0.25) is 0 Å². The highest BCUT2D eigenvalue weighted by atomic mass is 16.6. The van der Waals surface area contributed by atoms with Crippen LogP contribution in [0.3, 0.4) is 0 Å². The van der Waals surface area contributed by atoms with Crippen molar-refractivity contribution in [1.29, 1.82) is 0 Å². The predicted octanol–water partition coefficient (Wildman–Crippen LogP) is 4.89. The Hall–Kier alpha value is -4.73. The van der Waals surface area contributed by atoms with E-state index in [-0.39, 0.29) is 17.1 Å². The quantitative estimate of drug-likeness (QED) is 0.305. The Morgan fingerprint density at radius 3 is 2.50 bits per heavy atom. The van der Waals surface area contributed by atoms with E-state index in [0.717, 1.165) is 0 Å². The number of anilines is 1. The molecular formula is C24H20N4O6. The first-order chi connectivity index (χ1) is 16.4. The number of nitro groups is 1. The predicted molar refractivity (Wildman–Crippen MR) is 124 cm³/mol. The zero-order chi connectivity index (χ0) is 24.2. The molecule has 172 valence electrons. The molecule has 0 atom stereocenters. The lowest BCUT2D eigenvalue weighted by atomic mass is 10.1. The summed E-state index contributed by atoms with van der Waals surface area (Å²) in [5.41, 5.74) is 2.26. The van der Waals surface area contributed by atoms with Gasteiger partial charge in [-0.25, -0.2) is 0 Å². The molecule has 0 aliphatic heterocycles. The summed E-state index contributed by atoms with van der Waals surface area (Å²) in [6.45, 7) is 1.58. The van der Waals surface area contributed by atoms with Crippen molar-refractivity contribution >= 4 is 17.3 Å². The third-order valence-electron chi connectivity index (χ3n) is 5.13. The lowest BCUT2D eigenvalue weighted by Crippen LogP contribution is -2.13. The monoisotopic (exact) mass is 460 g/mol. The van der Waals surface area contributed by atoms with Gasteiger partial charge < -0.3 is 19.3 Å². The second-order valence-corrected chi connectivity index (χ2v) is 7.25. The summed E-state index contributed by atoms with van der Waals surface area (Å²) in [4.78, 5) is 27.8. The molecular weight excluding hydrogens is 440 g/mol. The van der Waals surface area contributed by atoms with Crippen molar-refractivity contribution < 1.29 is 23.7 Å². The smallest absolute Gasteiger partial charge is 0.272 e. The molecule has 10 nitrogen and oxygen atoms in total. The number of nitrogens with one attached hydrogen (secondary N) is 1. The van der Waals surface area contributed by atoms with Gasteiger partial charge in [-0.1, -0.05) is 17.3 Å². The molecule has 0 saturated carbocycles. The molecule has 0 saturated heterocycles. The Balaban J connectivity index is 1.61. The van der Waals surface area contributed by atoms with Crippen LogP contribution >= 0.6 is 0 Å². The number of carbonyl (C=O) groups excluding carboxylic acids is 1. The number of aryl methyl sites for hydroxylation is 1. The Kier molecular flexibility index (Phi) is 6.22. The zero-order valence-corrected chi connectivity index (χ0v) is 18.6. The number of methoxy groups -OCH3 is 2. The molecule has 1 aromatic heterocycles. The van der Waals surface area contributed by atoms with Crippen molar-refractivity contribution in [3.8, 4) is 34.3 Å². The summed E-state index contributed by atoms with van der Waals surface area (Å²) in [5, 5.41) is 17.9. The molecule has 0 spiro atoms. The molecule has 4 aromatic rings. The van der Waals surface area contributed by atoms with Gasteiger partial charge in [0.2, 0.25) is 5.82 Å². The van der Waals surface area contributed by atoms with E-state index < -0.39 is 10.8 Å². The fraction of sp³-hybridized carbons (Fsp3) is 0.125. The van der Waals surface area contributed by atoms with Gasteiger partial charge in [0, 0.05) is 22.8 Å². The second kappa shape index (κ2) is 9.41. The third kappa shape index (κ3) is 4.42. The standard InChI is InChI=1S/C24H20N4O6/c1-14-12-16(8-10-19(14)28(30)31)23(29)25-18-7-5-4-6-17(18)24-26-22(27-34-24)15-9-11-20(32-2)21(13-15)33-3/h4-13H,1-3H3,(H,25,29). The SMILES string of the molecule is COc1ccc(-c2noc(-c3ccccc3NC(=O)c3ccc([N+](=O)[O-])c(C)c3)n2)cc1OC. The van der Waals surface area contributed by atoms with E-state index >= 15 is 0 Å². The number of ether oxygens (including phenoxy) is 2. The number of hydrogen-bond acceptors (Lipinski definition) is 8. The zero-order valence-electron chi connectivity index (χ0n) is 18.6. The molecule has 1 amide bonds. The van der Waals surface area contributed by atoms with Gasteiger partial charge in [-0.05, 0) is 49.4 Å². The van der Waals surface area contributed by atoms with Gasteiger partial charge >= 0.3 is 0 Å². The summed E-state index contributed by atoms with van der Waals surface area (Å²) in [6, 6.07) is 16.4. The maximum Gasteiger partial charge on any atom is 0.272 e. The highest BCUT2D eigenvalue weighted by Gasteiger charge is 2.18. The number of amides is 1. The van der Waals surface area contributed by atoms with E-state index in [1.54, 1.807) is 56.5 Å². The Morgan fingerprint density at radius 1 is 1.03 bits per heavy atom. The van der Waals surface area contributed by atoms with Crippen LogP contribution in [0.4, 0.5) is 11.4 Å². The Morgan fingerprint density at radius 2 is 1.79 bits per heavy atom. The van der Waals surface area contributed by atoms with Crippen molar-refractivity contribution in [1.82, 2.24) is 10.1 Å². The molecule has 0 aliphatic rings. The van der Waals surface area contributed by atoms with Crippen molar-refractivity contribution in [3.63, 3.8) is 0 Å². The van der Waals surface area contributed by atoms with Crippen LogP contribution in [0.15, 0.2) is 65.2 Å².